The number of hydrogen-bond donors (Lipinski definition) is 1. The molecule has 5 nitrogen and oxygen atoms in total. The number of hydrogen-bond acceptors (Lipinski definition) is 3. The van der Waals surface area contributed by atoms with Gasteiger partial charge in [0.25, 0.3) is 0 Å². The lowest BCUT2D eigenvalue weighted by atomic mass is 10.1. The van der Waals surface area contributed by atoms with E-state index < -0.39 is 28.3 Å². The molecule has 1 aromatic rings. The highest BCUT2D eigenvalue weighted by Gasteiger charge is 2.22. The molecule has 1 atom stereocenters. The fourth-order valence-corrected chi connectivity index (χ4v) is 2.66. The van der Waals surface area contributed by atoms with Crippen molar-refractivity contribution in [1.29, 1.82) is 0 Å². The first kappa shape index (κ1) is 18.7. The average molecular weight is 351 g/mol. The maximum absolute atomic E-state index is 13.2. The van der Waals surface area contributed by atoms with Crippen molar-refractivity contribution in [3.63, 3.8) is 0 Å². The molecular weight excluding hydrogens is 331 g/mol. The number of carbonyl (C=O) groups excluding carboxylic acids is 1. The van der Waals surface area contributed by atoms with Gasteiger partial charge < -0.3 is 5.32 Å². The molecule has 0 bridgehead atoms. The highest BCUT2D eigenvalue weighted by molar-refractivity contribution is 7.92. The van der Waals surface area contributed by atoms with Gasteiger partial charge in [0, 0.05) is 6.04 Å². The van der Waals surface area contributed by atoms with E-state index in [0.29, 0.717) is 0 Å². The summed E-state index contributed by atoms with van der Waals surface area (Å²) < 4.78 is 37.9. The number of halogens is 2. The van der Waals surface area contributed by atoms with Crippen molar-refractivity contribution >= 4 is 33.2 Å². The zero-order valence-corrected chi connectivity index (χ0v) is 14.5. The number of benzene rings is 1. The number of nitrogens with zero attached hydrogens (tertiary/aromatic N) is 1. The molecule has 0 fully saturated rings. The molecule has 1 unspecified atom stereocenters. The Morgan fingerprint density at radius 1 is 1.36 bits per heavy atom. The van der Waals surface area contributed by atoms with Crippen LogP contribution in [0.4, 0.5) is 10.1 Å². The summed E-state index contributed by atoms with van der Waals surface area (Å²) in [5.74, 6) is -0.875. The Labute approximate surface area is 135 Å². The van der Waals surface area contributed by atoms with Crippen LogP contribution in [-0.4, -0.2) is 33.2 Å². The van der Waals surface area contributed by atoms with Gasteiger partial charge in [0.1, 0.15) is 12.4 Å². The molecule has 0 spiro atoms. The molecule has 0 aliphatic carbocycles. The van der Waals surface area contributed by atoms with Gasteiger partial charge in [-0.3, -0.25) is 9.10 Å². The van der Waals surface area contributed by atoms with Gasteiger partial charge in [-0.2, -0.15) is 0 Å². The summed E-state index contributed by atoms with van der Waals surface area (Å²) in [6.07, 6.45) is 0.976. The van der Waals surface area contributed by atoms with Crippen LogP contribution in [0.25, 0.3) is 0 Å². The number of carbonyl (C=O) groups is 1. The number of sulfonamides is 1. The second-order valence-corrected chi connectivity index (χ2v) is 7.78. The maximum Gasteiger partial charge on any atom is 0.240 e. The van der Waals surface area contributed by atoms with Crippen molar-refractivity contribution in [2.45, 2.75) is 26.8 Å². The monoisotopic (exact) mass is 350 g/mol. The first-order valence-electron chi connectivity index (χ1n) is 6.74. The summed E-state index contributed by atoms with van der Waals surface area (Å²) in [7, 11) is -3.71. The molecule has 0 saturated heterocycles. The minimum Gasteiger partial charge on any atom is -0.352 e. The topological polar surface area (TPSA) is 66.5 Å². The van der Waals surface area contributed by atoms with Crippen molar-refractivity contribution in [2.75, 3.05) is 17.1 Å². The van der Waals surface area contributed by atoms with E-state index in [2.05, 4.69) is 5.32 Å². The Bertz CT molecular complexity index is 649. The second kappa shape index (κ2) is 7.28. The van der Waals surface area contributed by atoms with Gasteiger partial charge in [0.15, 0.2) is 0 Å². The van der Waals surface area contributed by atoms with Crippen molar-refractivity contribution in [3.05, 3.63) is 29.0 Å². The third-order valence-electron chi connectivity index (χ3n) is 3.27. The summed E-state index contributed by atoms with van der Waals surface area (Å²) in [5, 5.41) is 2.52. The molecule has 1 amide bonds. The summed E-state index contributed by atoms with van der Waals surface area (Å²) in [5.41, 5.74) is 0.140. The number of nitrogens with one attached hydrogen (secondary N) is 1. The van der Waals surface area contributed by atoms with Crippen LogP contribution in [0.3, 0.4) is 0 Å². The Morgan fingerprint density at radius 2 is 1.95 bits per heavy atom. The summed E-state index contributed by atoms with van der Waals surface area (Å²) >= 11 is 5.67. The maximum atomic E-state index is 13.2. The van der Waals surface area contributed by atoms with Gasteiger partial charge in [-0.05, 0) is 31.0 Å². The van der Waals surface area contributed by atoms with E-state index in [1.54, 1.807) is 0 Å². The largest absolute Gasteiger partial charge is 0.352 e. The third-order valence-corrected chi connectivity index (χ3v) is 4.70. The first-order chi connectivity index (χ1) is 10.0. The zero-order chi connectivity index (χ0) is 17.1. The zero-order valence-electron chi connectivity index (χ0n) is 12.9. The van der Waals surface area contributed by atoms with E-state index in [0.717, 1.165) is 16.6 Å². The van der Waals surface area contributed by atoms with Crippen molar-refractivity contribution in [2.24, 2.45) is 5.92 Å². The molecule has 1 N–H and O–H groups in total. The molecule has 0 aromatic heterocycles. The van der Waals surface area contributed by atoms with Crippen LogP contribution in [0.5, 0.6) is 0 Å². The second-order valence-electron chi connectivity index (χ2n) is 5.47. The van der Waals surface area contributed by atoms with Gasteiger partial charge in [0.05, 0.1) is 17.0 Å². The predicted octanol–water partition coefficient (Wildman–Crippen LogP) is 2.41. The molecule has 8 heteroatoms. The Hall–Kier alpha value is -1.34. The van der Waals surface area contributed by atoms with Crippen molar-refractivity contribution in [1.82, 2.24) is 5.32 Å². The van der Waals surface area contributed by atoms with E-state index >= 15 is 0 Å². The molecule has 0 aliphatic rings. The molecule has 0 radical (unpaired) electrons. The lowest BCUT2D eigenvalue weighted by Crippen LogP contribution is -2.44. The quantitative estimate of drug-likeness (QED) is 0.856. The van der Waals surface area contributed by atoms with Crippen LogP contribution in [0.15, 0.2) is 18.2 Å². The van der Waals surface area contributed by atoms with Crippen LogP contribution in [-0.2, 0) is 14.8 Å². The molecular formula is C14H20ClFN2O3S. The SMILES string of the molecule is CC(C)C(C)NC(=O)CN(c1ccc(F)c(Cl)c1)S(C)(=O)=O. The van der Waals surface area contributed by atoms with Crippen LogP contribution in [0.1, 0.15) is 20.8 Å². The molecule has 22 heavy (non-hydrogen) atoms. The summed E-state index contributed by atoms with van der Waals surface area (Å²) in [4.78, 5) is 12.0. The molecule has 1 aromatic carbocycles. The van der Waals surface area contributed by atoms with E-state index in [4.69, 9.17) is 11.6 Å². The standard InChI is InChI=1S/C14H20ClFN2O3S/c1-9(2)10(3)17-14(19)8-18(22(4,20)21)11-5-6-13(16)12(15)7-11/h5-7,9-10H,8H2,1-4H3,(H,17,19). The van der Waals surface area contributed by atoms with Gasteiger partial charge in [0.2, 0.25) is 15.9 Å². The van der Waals surface area contributed by atoms with Crippen LogP contribution < -0.4 is 9.62 Å². The molecule has 0 aliphatic heterocycles. The van der Waals surface area contributed by atoms with E-state index in [1.807, 2.05) is 20.8 Å². The molecule has 1 rings (SSSR count). The van der Waals surface area contributed by atoms with Gasteiger partial charge in [-0.15, -0.1) is 0 Å². The van der Waals surface area contributed by atoms with Crippen molar-refractivity contribution < 1.29 is 17.6 Å². The predicted molar refractivity (Wildman–Crippen MR) is 86.0 cm³/mol. The minimum absolute atomic E-state index is 0.0919. The summed E-state index contributed by atoms with van der Waals surface area (Å²) in [6, 6.07) is 3.41. The van der Waals surface area contributed by atoms with Crippen LogP contribution in [0.2, 0.25) is 5.02 Å². The number of rotatable bonds is 6. The fraction of sp³-hybridized carbons (Fsp3) is 0.500. The van der Waals surface area contributed by atoms with Gasteiger partial charge in [-0.25, -0.2) is 12.8 Å². The highest BCUT2D eigenvalue weighted by Crippen LogP contribution is 2.24. The molecule has 124 valence electrons. The Balaban J connectivity index is 3.00. The van der Waals surface area contributed by atoms with Crippen LogP contribution >= 0.6 is 11.6 Å². The lowest BCUT2D eigenvalue weighted by molar-refractivity contribution is -0.120. The lowest BCUT2D eigenvalue weighted by Gasteiger charge is -2.24. The average Bonchev–Trinajstić information content (AvgIpc) is 2.38. The smallest absolute Gasteiger partial charge is 0.240 e. The van der Waals surface area contributed by atoms with Gasteiger partial charge in [-0.1, -0.05) is 25.4 Å². The fourth-order valence-electron chi connectivity index (χ4n) is 1.64. The minimum atomic E-state index is -3.71. The van der Waals surface area contributed by atoms with Crippen molar-refractivity contribution in [3.8, 4) is 0 Å². The van der Waals surface area contributed by atoms with E-state index in [9.17, 15) is 17.6 Å². The summed E-state index contributed by atoms with van der Waals surface area (Å²) in [6.45, 7) is 5.33. The third kappa shape index (κ3) is 5.14. The van der Waals surface area contributed by atoms with E-state index in [-0.39, 0.29) is 22.7 Å². The molecule has 0 heterocycles. The highest BCUT2D eigenvalue weighted by atomic mass is 35.5. The van der Waals surface area contributed by atoms with E-state index in [1.165, 1.54) is 12.1 Å². The normalized spacial score (nSPS) is 13.0. The Morgan fingerprint density at radius 3 is 2.41 bits per heavy atom. The number of amides is 1. The van der Waals surface area contributed by atoms with Gasteiger partial charge >= 0.3 is 0 Å². The van der Waals surface area contributed by atoms with Crippen LogP contribution in [0, 0.1) is 11.7 Å². The number of anilines is 1. The first-order valence-corrected chi connectivity index (χ1v) is 8.97. The molecule has 0 saturated carbocycles. The Kier molecular flexibility index (Phi) is 6.19.